The first-order valence-electron chi connectivity index (χ1n) is 6.71. The van der Waals surface area contributed by atoms with Crippen LogP contribution >= 0.6 is 11.6 Å². The van der Waals surface area contributed by atoms with Gasteiger partial charge in [0, 0.05) is 0 Å². The summed E-state index contributed by atoms with van der Waals surface area (Å²) >= 11 is 5.87. The van der Waals surface area contributed by atoms with Gasteiger partial charge in [0.1, 0.15) is 6.04 Å². The Kier molecular flexibility index (Phi) is 6.49. The molecule has 0 aliphatic carbocycles. The first kappa shape index (κ1) is 18.6. The Labute approximate surface area is 131 Å². The molecule has 0 saturated carbocycles. The number of hydrogen-bond acceptors (Lipinski definition) is 3. The van der Waals surface area contributed by atoms with Crippen LogP contribution in [0.5, 0.6) is 0 Å². The van der Waals surface area contributed by atoms with Crippen LogP contribution in [0.4, 0.5) is 18.9 Å². The Morgan fingerprint density at radius 1 is 1.36 bits per heavy atom. The van der Waals surface area contributed by atoms with Gasteiger partial charge in [0.2, 0.25) is 0 Å². The van der Waals surface area contributed by atoms with Gasteiger partial charge in [0.05, 0.1) is 22.9 Å². The van der Waals surface area contributed by atoms with Crippen molar-refractivity contribution < 1.29 is 22.8 Å². The third-order valence-electron chi connectivity index (χ3n) is 2.87. The average molecular weight is 339 g/mol. The summed E-state index contributed by atoms with van der Waals surface area (Å²) in [6.45, 7) is 5.60. The number of hydrogen-bond donors (Lipinski definition) is 2. The molecule has 124 valence electrons. The third kappa shape index (κ3) is 5.06. The predicted molar refractivity (Wildman–Crippen MR) is 78.5 cm³/mol. The van der Waals surface area contributed by atoms with E-state index in [-0.39, 0.29) is 16.6 Å². The third-order valence-corrected chi connectivity index (χ3v) is 3.19. The summed E-state index contributed by atoms with van der Waals surface area (Å²) in [4.78, 5) is 16.8. The van der Waals surface area contributed by atoms with Crippen molar-refractivity contribution >= 4 is 23.2 Å². The van der Waals surface area contributed by atoms with Crippen molar-refractivity contribution in [1.29, 1.82) is 0 Å². The molecule has 4 nitrogen and oxygen atoms in total. The van der Waals surface area contributed by atoms with Crippen LogP contribution in [-0.2, 0) is 15.8 Å². The van der Waals surface area contributed by atoms with E-state index in [1.165, 1.54) is 6.07 Å². The highest BCUT2D eigenvalue weighted by molar-refractivity contribution is 6.33. The predicted octanol–water partition coefficient (Wildman–Crippen LogP) is 3.86. The zero-order valence-corrected chi connectivity index (χ0v) is 13.2. The lowest BCUT2D eigenvalue weighted by molar-refractivity contribution is -0.137. The summed E-state index contributed by atoms with van der Waals surface area (Å²) in [6.07, 6.45) is -4.47. The van der Waals surface area contributed by atoms with Crippen molar-refractivity contribution in [1.82, 2.24) is 5.48 Å². The van der Waals surface area contributed by atoms with Crippen molar-refractivity contribution in [3.05, 3.63) is 28.8 Å². The molecule has 1 aromatic rings. The normalized spacial score (nSPS) is 13.1. The minimum Gasteiger partial charge on any atom is -0.372 e. The molecule has 22 heavy (non-hydrogen) atoms. The number of halogens is 4. The van der Waals surface area contributed by atoms with Gasteiger partial charge in [-0.15, -0.1) is 0 Å². The van der Waals surface area contributed by atoms with Crippen LogP contribution in [0, 0.1) is 5.92 Å². The first-order valence-corrected chi connectivity index (χ1v) is 7.09. The molecule has 0 fully saturated rings. The second-order valence-electron chi connectivity index (χ2n) is 4.96. The SMILES string of the molecule is CCONC(=O)[C@@H](Nc1ccc(C(F)(F)F)cc1Cl)C(C)C. The van der Waals surface area contributed by atoms with Gasteiger partial charge in [0.15, 0.2) is 0 Å². The molecule has 0 aromatic heterocycles. The van der Waals surface area contributed by atoms with E-state index < -0.39 is 23.7 Å². The number of carbonyl (C=O) groups is 1. The molecule has 0 heterocycles. The van der Waals surface area contributed by atoms with Gasteiger partial charge in [0.25, 0.3) is 5.91 Å². The van der Waals surface area contributed by atoms with Crippen molar-refractivity contribution in [3.8, 4) is 0 Å². The van der Waals surface area contributed by atoms with Gasteiger partial charge in [-0.2, -0.15) is 13.2 Å². The van der Waals surface area contributed by atoms with Gasteiger partial charge in [-0.3, -0.25) is 9.63 Å². The minimum absolute atomic E-state index is 0.107. The van der Waals surface area contributed by atoms with Crippen LogP contribution in [0.15, 0.2) is 18.2 Å². The fourth-order valence-corrected chi connectivity index (χ4v) is 1.95. The standard InChI is InChI=1S/C14H18ClF3N2O2/c1-4-22-20-13(21)12(8(2)3)19-11-6-5-9(7-10(11)15)14(16,17)18/h5-8,12,19H,4H2,1-3H3,(H,20,21)/t12-/m0/s1. The smallest absolute Gasteiger partial charge is 0.372 e. The maximum atomic E-state index is 12.6. The molecule has 0 bridgehead atoms. The summed E-state index contributed by atoms with van der Waals surface area (Å²) in [5.74, 6) is -0.549. The molecule has 2 N–H and O–H groups in total. The van der Waals surface area contributed by atoms with Gasteiger partial charge in [-0.1, -0.05) is 25.4 Å². The van der Waals surface area contributed by atoms with Gasteiger partial charge in [-0.25, -0.2) is 5.48 Å². The van der Waals surface area contributed by atoms with Crippen LogP contribution in [-0.4, -0.2) is 18.6 Å². The van der Waals surface area contributed by atoms with Gasteiger partial charge >= 0.3 is 6.18 Å². The number of alkyl halides is 3. The van der Waals surface area contributed by atoms with Crippen LogP contribution < -0.4 is 10.8 Å². The topological polar surface area (TPSA) is 50.4 Å². The maximum Gasteiger partial charge on any atom is 0.416 e. The van der Waals surface area contributed by atoms with Crippen LogP contribution in [0.1, 0.15) is 26.3 Å². The molecule has 1 amide bonds. The van der Waals surface area contributed by atoms with E-state index in [4.69, 9.17) is 16.4 Å². The summed E-state index contributed by atoms with van der Waals surface area (Å²) < 4.78 is 37.8. The highest BCUT2D eigenvalue weighted by Crippen LogP contribution is 2.34. The molecule has 8 heteroatoms. The molecule has 0 aliphatic heterocycles. The highest BCUT2D eigenvalue weighted by Gasteiger charge is 2.31. The van der Waals surface area contributed by atoms with Crippen LogP contribution in [0.3, 0.4) is 0 Å². The number of carbonyl (C=O) groups excluding carboxylic acids is 1. The second-order valence-corrected chi connectivity index (χ2v) is 5.36. The molecule has 0 aliphatic rings. The van der Waals surface area contributed by atoms with E-state index in [1.807, 2.05) is 0 Å². The van der Waals surface area contributed by atoms with E-state index in [2.05, 4.69) is 10.8 Å². The molecular weight excluding hydrogens is 321 g/mol. The number of hydroxylamine groups is 1. The van der Waals surface area contributed by atoms with Crippen molar-refractivity contribution in [3.63, 3.8) is 0 Å². The molecule has 1 rings (SSSR count). The number of rotatable bonds is 6. The fourth-order valence-electron chi connectivity index (χ4n) is 1.72. The van der Waals surface area contributed by atoms with Gasteiger partial charge in [-0.05, 0) is 31.0 Å². The quantitative estimate of drug-likeness (QED) is 0.774. The average Bonchev–Trinajstić information content (AvgIpc) is 2.41. The molecule has 1 aromatic carbocycles. The largest absolute Gasteiger partial charge is 0.416 e. The van der Waals surface area contributed by atoms with Crippen molar-refractivity contribution in [2.75, 3.05) is 11.9 Å². The Balaban J connectivity index is 2.93. The highest BCUT2D eigenvalue weighted by atomic mass is 35.5. The van der Waals surface area contributed by atoms with E-state index >= 15 is 0 Å². The number of amides is 1. The van der Waals surface area contributed by atoms with Crippen molar-refractivity contribution in [2.24, 2.45) is 5.92 Å². The number of anilines is 1. The Morgan fingerprint density at radius 3 is 2.45 bits per heavy atom. The Hall–Kier alpha value is -1.47. The van der Waals surface area contributed by atoms with Gasteiger partial charge < -0.3 is 5.32 Å². The zero-order valence-electron chi connectivity index (χ0n) is 12.4. The van der Waals surface area contributed by atoms with E-state index in [1.54, 1.807) is 20.8 Å². The van der Waals surface area contributed by atoms with Crippen molar-refractivity contribution in [2.45, 2.75) is 33.0 Å². The lowest BCUT2D eigenvalue weighted by Crippen LogP contribution is -2.43. The Morgan fingerprint density at radius 2 is 2.00 bits per heavy atom. The minimum atomic E-state index is -4.47. The maximum absolute atomic E-state index is 12.6. The summed E-state index contributed by atoms with van der Waals surface area (Å²) in [5.41, 5.74) is 1.67. The molecule has 1 atom stereocenters. The molecular formula is C14H18ClF3N2O2. The van der Waals surface area contributed by atoms with E-state index in [9.17, 15) is 18.0 Å². The Bertz CT molecular complexity index is 521. The zero-order chi connectivity index (χ0) is 16.9. The van der Waals surface area contributed by atoms with E-state index in [0.29, 0.717) is 6.61 Å². The summed E-state index contributed by atoms with van der Waals surface area (Å²) in [7, 11) is 0. The summed E-state index contributed by atoms with van der Waals surface area (Å²) in [6, 6.07) is 2.24. The molecule has 0 unspecified atom stereocenters. The fraction of sp³-hybridized carbons (Fsp3) is 0.500. The number of benzene rings is 1. The second kappa shape index (κ2) is 7.69. The monoisotopic (exact) mass is 338 g/mol. The molecule has 0 saturated heterocycles. The van der Waals surface area contributed by atoms with E-state index in [0.717, 1.165) is 12.1 Å². The lowest BCUT2D eigenvalue weighted by atomic mass is 10.0. The molecule has 0 spiro atoms. The van der Waals surface area contributed by atoms with Crippen LogP contribution in [0.25, 0.3) is 0 Å². The first-order chi connectivity index (χ1) is 10.2. The van der Waals surface area contributed by atoms with Crippen LogP contribution in [0.2, 0.25) is 5.02 Å². The number of nitrogens with one attached hydrogen (secondary N) is 2. The lowest BCUT2D eigenvalue weighted by Gasteiger charge is -2.23. The summed E-state index contributed by atoms with van der Waals surface area (Å²) in [5, 5.41) is 2.74. The molecule has 0 radical (unpaired) electrons.